The van der Waals surface area contributed by atoms with E-state index in [-0.39, 0.29) is 10.5 Å². The van der Waals surface area contributed by atoms with Gasteiger partial charge in [0, 0.05) is 18.8 Å². The second-order valence-corrected chi connectivity index (χ2v) is 7.07. The van der Waals surface area contributed by atoms with Crippen molar-refractivity contribution in [3.8, 4) is 0 Å². The molecule has 4 N–H and O–H groups in total. The van der Waals surface area contributed by atoms with Gasteiger partial charge in [-0.2, -0.15) is 0 Å². The van der Waals surface area contributed by atoms with Crippen molar-refractivity contribution in [3.63, 3.8) is 0 Å². The van der Waals surface area contributed by atoms with Crippen LogP contribution in [0.25, 0.3) is 0 Å². The highest BCUT2D eigenvalue weighted by Crippen LogP contribution is 2.28. The van der Waals surface area contributed by atoms with E-state index in [1.807, 2.05) is 6.92 Å². The summed E-state index contributed by atoms with van der Waals surface area (Å²) in [5, 5.41) is 3.16. The van der Waals surface area contributed by atoms with E-state index in [0.29, 0.717) is 17.9 Å². The van der Waals surface area contributed by atoms with Crippen LogP contribution in [0.1, 0.15) is 19.8 Å². The summed E-state index contributed by atoms with van der Waals surface area (Å²) in [6.45, 7) is 3.33. The van der Waals surface area contributed by atoms with Crippen LogP contribution >= 0.6 is 0 Å². The van der Waals surface area contributed by atoms with E-state index < -0.39 is 10.0 Å². The molecule has 1 aromatic rings. The van der Waals surface area contributed by atoms with E-state index in [0.717, 1.165) is 19.4 Å². The van der Waals surface area contributed by atoms with Gasteiger partial charge >= 0.3 is 0 Å². The summed E-state index contributed by atoms with van der Waals surface area (Å²) in [4.78, 5) is 0.154. The number of nitrogen functional groups attached to an aromatic ring is 1. The molecule has 0 aromatic heterocycles. The zero-order chi connectivity index (χ0) is 14.8. The van der Waals surface area contributed by atoms with Gasteiger partial charge < -0.3 is 15.8 Å². The SMILES string of the molecule is CNS(=O)(=O)c1cc(N)ccc1NCC1(C)CCCO1. The average Bonchev–Trinajstić information content (AvgIpc) is 2.84. The van der Waals surface area contributed by atoms with Crippen molar-refractivity contribution in [2.45, 2.75) is 30.3 Å². The Morgan fingerprint density at radius 3 is 2.80 bits per heavy atom. The maximum absolute atomic E-state index is 12.0. The highest BCUT2D eigenvalue weighted by Gasteiger charge is 2.30. The lowest BCUT2D eigenvalue weighted by molar-refractivity contribution is 0.0315. The summed E-state index contributed by atoms with van der Waals surface area (Å²) in [7, 11) is -2.17. The molecular weight excluding hydrogens is 278 g/mol. The van der Waals surface area contributed by atoms with Gasteiger partial charge in [0.1, 0.15) is 4.90 Å². The molecule has 0 spiro atoms. The van der Waals surface area contributed by atoms with Gasteiger partial charge in [0.25, 0.3) is 0 Å². The Labute approximate surface area is 119 Å². The standard InChI is InChI=1S/C13H21N3O3S/c1-13(6-3-7-19-13)9-16-11-5-4-10(14)8-12(11)20(17,18)15-2/h4-5,8,15-16H,3,6-7,9,14H2,1-2H3. The third-order valence-corrected chi connectivity index (χ3v) is 4.97. The molecule has 0 saturated carbocycles. The van der Waals surface area contributed by atoms with Gasteiger partial charge in [0.2, 0.25) is 10.0 Å². The van der Waals surface area contributed by atoms with Crippen LogP contribution in [0.4, 0.5) is 11.4 Å². The molecule has 1 heterocycles. The third kappa shape index (κ3) is 3.23. The minimum atomic E-state index is -3.55. The highest BCUT2D eigenvalue weighted by atomic mass is 32.2. The van der Waals surface area contributed by atoms with E-state index in [1.165, 1.54) is 13.1 Å². The smallest absolute Gasteiger partial charge is 0.242 e. The second kappa shape index (κ2) is 5.59. The molecule has 0 amide bonds. The average molecular weight is 299 g/mol. The van der Waals surface area contributed by atoms with Crippen molar-refractivity contribution in [2.24, 2.45) is 0 Å². The molecule has 1 unspecified atom stereocenters. The summed E-state index contributed by atoms with van der Waals surface area (Å²) in [6, 6.07) is 4.80. The molecule has 1 aromatic carbocycles. The molecule has 0 bridgehead atoms. The van der Waals surface area contributed by atoms with Crippen LogP contribution in [0.15, 0.2) is 23.1 Å². The molecule has 7 heteroatoms. The van der Waals surface area contributed by atoms with Gasteiger partial charge in [-0.25, -0.2) is 13.1 Å². The van der Waals surface area contributed by atoms with Gasteiger partial charge in [-0.3, -0.25) is 0 Å². The summed E-state index contributed by atoms with van der Waals surface area (Å²) in [6.07, 6.45) is 1.99. The number of nitrogens with one attached hydrogen (secondary N) is 2. The van der Waals surface area contributed by atoms with Gasteiger partial charge in [0.15, 0.2) is 0 Å². The number of sulfonamides is 1. The van der Waals surface area contributed by atoms with Gasteiger partial charge in [0.05, 0.1) is 11.3 Å². The molecule has 1 aliphatic heterocycles. The fourth-order valence-electron chi connectivity index (χ4n) is 2.28. The molecule has 0 radical (unpaired) electrons. The van der Waals surface area contributed by atoms with Gasteiger partial charge in [-0.05, 0) is 45.0 Å². The van der Waals surface area contributed by atoms with Crippen LogP contribution in [0.3, 0.4) is 0 Å². The maximum Gasteiger partial charge on any atom is 0.242 e. The van der Waals surface area contributed by atoms with Crippen molar-refractivity contribution in [3.05, 3.63) is 18.2 Å². The van der Waals surface area contributed by atoms with Crippen molar-refractivity contribution >= 4 is 21.4 Å². The van der Waals surface area contributed by atoms with E-state index in [9.17, 15) is 8.42 Å². The monoisotopic (exact) mass is 299 g/mol. The Kier molecular flexibility index (Phi) is 4.22. The van der Waals surface area contributed by atoms with E-state index in [4.69, 9.17) is 10.5 Å². The van der Waals surface area contributed by atoms with Crippen LogP contribution < -0.4 is 15.8 Å². The molecular formula is C13H21N3O3S. The summed E-state index contributed by atoms with van der Waals surface area (Å²) < 4.78 is 32.0. The van der Waals surface area contributed by atoms with Crippen molar-refractivity contribution < 1.29 is 13.2 Å². The number of rotatable bonds is 5. The van der Waals surface area contributed by atoms with Gasteiger partial charge in [-0.1, -0.05) is 0 Å². The zero-order valence-electron chi connectivity index (χ0n) is 11.8. The fourth-order valence-corrected chi connectivity index (χ4v) is 3.22. The second-order valence-electron chi connectivity index (χ2n) is 5.22. The first-order chi connectivity index (χ1) is 9.36. The number of hydrogen-bond donors (Lipinski definition) is 3. The Morgan fingerprint density at radius 2 is 2.20 bits per heavy atom. The number of nitrogens with two attached hydrogens (primary N) is 1. The molecule has 1 saturated heterocycles. The summed E-state index contributed by atoms with van der Waals surface area (Å²) in [5.74, 6) is 0. The van der Waals surface area contributed by atoms with Crippen LogP contribution in [0.5, 0.6) is 0 Å². The number of ether oxygens (including phenoxy) is 1. The van der Waals surface area contributed by atoms with Crippen LogP contribution in [-0.2, 0) is 14.8 Å². The Hall–Kier alpha value is -1.31. The fraction of sp³-hybridized carbons (Fsp3) is 0.538. The van der Waals surface area contributed by atoms with Crippen LogP contribution in [0, 0.1) is 0 Å². The molecule has 6 nitrogen and oxygen atoms in total. The molecule has 112 valence electrons. The van der Waals surface area contributed by atoms with Gasteiger partial charge in [-0.15, -0.1) is 0 Å². The number of anilines is 2. The molecule has 1 atom stereocenters. The Bertz CT molecular complexity index is 581. The first-order valence-corrected chi connectivity index (χ1v) is 8.05. The quantitative estimate of drug-likeness (QED) is 0.709. The summed E-state index contributed by atoms with van der Waals surface area (Å²) in [5.41, 5.74) is 6.37. The molecule has 1 fully saturated rings. The first-order valence-electron chi connectivity index (χ1n) is 6.57. The lowest BCUT2D eigenvalue weighted by atomic mass is 10.0. The predicted molar refractivity (Wildman–Crippen MR) is 79.2 cm³/mol. The van der Waals surface area contributed by atoms with Crippen molar-refractivity contribution in [1.82, 2.24) is 4.72 Å². The molecule has 20 heavy (non-hydrogen) atoms. The normalized spacial score (nSPS) is 22.9. The topological polar surface area (TPSA) is 93.5 Å². The Balaban J connectivity index is 2.23. The lowest BCUT2D eigenvalue weighted by Gasteiger charge is -2.24. The molecule has 2 rings (SSSR count). The van der Waals surface area contributed by atoms with Crippen LogP contribution in [-0.4, -0.2) is 34.2 Å². The lowest BCUT2D eigenvalue weighted by Crippen LogP contribution is -2.33. The van der Waals surface area contributed by atoms with E-state index in [1.54, 1.807) is 12.1 Å². The van der Waals surface area contributed by atoms with E-state index in [2.05, 4.69) is 10.0 Å². The predicted octanol–water partition coefficient (Wildman–Crippen LogP) is 1.16. The number of hydrogen-bond acceptors (Lipinski definition) is 5. The van der Waals surface area contributed by atoms with Crippen molar-refractivity contribution in [2.75, 3.05) is 31.2 Å². The van der Waals surface area contributed by atoms with Crippen LogP contribution in [0.2, 0.25) is 0 Å². The van der Waals surface area contributed by atoms with E-state index >= 15 is 0 Å². The van der Waals surface area contributed by atoms with Crippen molar-refractivity contribution in [1.29, 1.82) is 0 Å². The zero-order valence-corrected chi connectivity index (χ0v) is 12.6. The number of benzene rings is 1. The molecule has 0 aliphatic carbocycles. The maximum atomic E-state index is 12.0. The Morgan fingerprint density at radius 1 is 1.45 bits per heavy atom. The largest absolute Gasteiger partial charge is 0.399 e. The minimum Gasteiger partial charge on any atom is -0.399 e. The highest BCUT2D eigenvalue weighted by molar-refractivity contribution is 7.89. The third-order valence-electron chi connectivity index (χ3n) is 3.52. The first kappa shape index (κ1) is 15.1. The molecule has 1 aliphatic rings. The summed E-state index contributed by atoms with van der Waals surface area (Å²) >= 11 is 0. The minimum absolute atomic E-state index is 0.154.